The molecule has 1 aromatic heterocycles. The van der Waals surface area contributed by atoms with Crippen LogP contribution in [0.3, 0.4) is 0 Å². The predicted molar refractivity (Wildman–Crippen MR) is 97.0 cm³/mol. The number of benzene rings is 2. The second-order valence-corrected chi connectivity index (χ2v) is 7.38. The van der Waals surface area contributed by atoms with Crippen LogP contribution in [-0.2, 0) is 16.0 Å². The van der Waals surface area contributed by atoms with Crippen molar-refractivity contribution < 1.29 is 14.3 Å². The molecule has 1 aliphatic heterocycles. The van der Waals surface area contributed by atoms with Gasteiger partial charge in [0.2, 0.25) is 0 Å². The van der Waals surface area contributed by atoms with E-state index in [0.717, 1.165) is 21.3 Å². The SMILES string of the molecule is Cc1cccc2sc(NC(=O)C3(C)Cc4ccccc4C(=O)O3)nc12. The number of rotatable bonds is 2. The van der Waals surface area contributed by atoms with Gasteiger partial charge in [-0.1, -0.05) is 41.7 Å². The molecule has 0 fully saturated rings. The van der Waals surface area contributed by atoms with Crippen LogP contribution in [0.4, 0.5) is 5.13 Å². The van der Waals surface area contributed by atoms with Crippen LogP contribution in [0.25, 0.3) is 10.2 Å². The number of nitrogens with zero attached hydrogens (tertiary/aromatic N) is 1. The fraction of sp³-hybridized carbons (Fsp3) is 0.211. The number of aromatic nitrogens is 1. The molecule has 0 aliphatic carbocycles. The lowest BCUT2D eigenvalue weighted by molar-refractivity contribution is -0.134. The summed E-state index contributed by atoms with van der Waals surface area (Å²) in [6.45, 7) is 3.61. The van der Waals surface area contributed by atoms with Crippen LogP contribution in [0.5, 0.6) is 0 Å². The maximum atomic E-state index is 12.8. The lowest BCUT2D eigenvalue weighted by Gasteiger charge is -2.32. The van der Waals surface area contributed by atoms with Crippen LogP contribution in [0.15, 0.2) is 42.5 Å². The number of hydrogen-bond acceptors (Lipinski definition) is 5. The monoisotopic (exact) mass is 352 g/mol. The summed E-state index contributed by atoms with van der Waals surface area (Å²) in [5, 5.41) is 3.32. The summed E-state index contributed by atoms with van der Waals surface area (Å²) < 4.78 is 6.46. The second-order valence-electron chi connectivity index (χ2n) is 6.35. The number of hydrogen-bond donors (Lipinski definition) is 1. The Morgan fingerprint density at radius 1 is 1.24 bits per heavy atom. The van der Waals surface area contributed by atoms with Crippen molar-refractivity contribution in [1.82, 2.24) is 4.98 Å². The fourth-order valence-electron chi connectivity index (χ4n) is 3.03. The summed E-state index contributed by atoms with van der Waals surface area (Å²) in [5.41, 5.74) is 2.01. The average molecular weight is 352 g/mol. The van der Waals surface area contributed by atoms with Gasteiger partial charge >= 0.3 is 5.97 Å². The number of aryl methyl sites for hydroxylation is 1. The number of ether oxygens (including phenoxy) is 1. The number of anilines is 1. The van der Waals surface area contributed by atoms with Gasteiger partial charge in [0.15, 0.2) is 10.7 Å². The molecule has 2 heterocycles. The molecule has 1 aliphatic rings. The van der Waals surface area contributed by atoms with E-state index in [0.29, 0.717) is 17.1 Å². The van der Waals surface area contributed by atoms with E-state index >= 15 is 0 Å². The van der Waals surface area contributed by atoms with E-state index in [1.807, 2.05) is 37.3 Å². The van der Waals surface area contributed by atoms with E-state index in [4.69, 9.17) is 4.74 Å². The summed E-state index contributed by atoms with van der Waals surface area (Å²) in [6, 6.07) is 13.1. The molecule has 1 N–H and O–H groups in total. The predicted octanol–water partition coefficient (Wildman–Crippen LogP) is 3.72. The zero-order valence-electron chi connectivity index (χ0n) is 13.8. The van der Waals surface area contributed by atoms with E-state index in [9.17, 15) is 9.59 Å². The average Bonchev–Trinajstić information content (AvgIpc) is 2.99. The van der Waals surface area contributed by atoms with Crippen molar-refractivity contribution in [2.45, 2.75) is 25.9 Å². The molecule has 2 aromatic carbocycles. The molecule has 0 saturated carbocycles. The third-order valence-corrected chi connectivity index (χ3v) is 5.34. The highest BCUT2D eigenvalue weighted by atomic mass is 32.1. The highest BCUT2D eigenvalue weighted by molar-refractivity contribution is 7.22. The molecule has 0 spiro atoms. The summed E-state index contributed by atoms with van der Waals surface area (Å²) in [7, 11) is 0. The minimum atomic E-state index is -1.25. The minimum absolute atomic E-state index is 0.338. The van der Waals surface area contributed by atoms with E-state index in [1.54, 1.807) is 19.1 Å². The summed E-state index contributed by atoms with van der Waals surface area (Å²) in [4.78, 5) is 29.5. The molecule has 0 radical (unpaired) electrons. The summed E-state index contributed by atoms with van der Waals surface area (Å²) >= 11 is 1.41. The molecule has 25 heavy (non-hydrogen) atoms. The van der Waals surface area contributed by atoms with Crippen LogP contribution in [0.1, 0.15) is 28.4 Å². The molecule has 0 bridgehead atoms. The Kier molecular flexibility index (Phi) is 3.58. The first-order valence-corrected chi connectivity index (χ1v) is 8.77. The van der Waals surface area contributed by atoms with Gasteiger partial charge in [0.1, 0.15) is 0 Å². The zero-order valence-corrected chi connectivity index (χ0v) is 14.6. The summed E-state index contributed by atoms with van der Waals surface area (Å²) in [6.07, 6.45) is 0.338. The number of cyclic esters (lactones) is 1. The smallest absolute Gasteiger partial charge is 0.339 e. The molecule has 5 nitrogen and oxygen atoms in total. The van der Waals surface area contributed by atoms with E-state index in [2.05, 4.69) is 10.3 Å². The Labute approximate surface area is 148 Å². The number of amides is 1. The van der Waals surface area contributed by atoms with Crippen molar-refractivity contribution in [2.75, 3.05) is 5.32 Å². The fourth-order valence-corrected chi connectivity index (χ4v) is 3.97. The topological polar surface area (TPSA) is 68.3 Å². The van der Waals surface area contributed by atoms with Crippen LogP contribution in [0.2, 0.25) is 0 Å². The van der Waals surface area contributed by atoms with Gasteiger partial charge in [-0.05, 0) is 37.1 Å². The lowest BCUT2D eigenvalue weighted by Crippen LogP contribution is -2.48. The standard InChI is InChI=1S/C19H16N2O3S/c1-11-6-5-9-14-15(11)20-18(25-14)21-17(23)19(2)10-12-7-3-4-8-13(12)16(22)24-19/h3-9H,10H2,1-2H3,(H,20,21,23). The van der Waals surface area contributed by atoms with Crippen LogP contribution >= 0.6 is 11.3 Å². The summed E-state index contributed by atoms with van der Waals surface area (Å²) in [5.74, 6) is -0.841. The maximum absolute atomic E-state index is 12.8. The quantitative estimate of drug-likeness (QED) is 0.714. The Bertz CT molecular complexity index is 1010. The highest BCUT2D eigenvalue weighted by Gasteiger charge is 2.42. The van der Waals surface area contributed by atoms with Gasteiger partial charge in [-0.3, -0.25) is 10.1 Å². The number of carbonyl (C=O) groups is 2. The first kappa shape index (κ1) is 15.8. The van der Waals surface area contributed by atoms with Crippen LogP contribution in [0, 0.1) is 6.92 Å². The number of thiazole rings is 1. The number of carbonyl (C=O) groups excluding carboxylic acids is 2. The maximum Gasteiger partial charge on any atom is 0.339 e. The molecule has 4 rings (SSSR count). The molecule has 0 saturated heterocycles. The largest absolute Gasteiger partial charge is 0.445 e. The van der Waals surface area contributed by atoms with E-state index < -0.39 is 11.6 Å². The van der Waals surface area contributed by atoms with E-state index in [-0.39, 0.29) is 5.91 Å². The number of para-hydroxylation sites is 1. The van der Waals surface area contributed by atoms with Crippen LogP contribution < -0.4 is 5.32 Å². The number of fused-ring (bicyclic) bond motifs is 2. The van der Waals surface area contributed by atoms with Gasteiger partial charge in [0, 0.05) is 6.42 Å². The van der Waals surface area contributed by atoms with Gasteiger partial charge in [-0.15, -0.1) is 0 Å². The third kappa shape index (κ3) is 2.68. The van der Waals surface area contributed by atoms with Crippen molar-refractivity contribution >= 4 is 38.6 Å². The first-order valence-electron chi connectivity index (χ1n) is 7.95. The molecule has 3 aromatic rings. The second kappa shape index (κ2) is 5.67. The van der Waals surface area contributed by atoms with Gasteiger partial charge in [0.25, 0.3) is 5.91 Å². The first-order chi connectivity index (χ1) is 12.0. The number of nitrogens with one attached hydrogen (secondary N) is 1. The highest BCUT2D eigenvalue weighted by Crippen LogP contribution is 2.32. The van der Waals surface area contributed by atoms with Crippen molar-refractivity contribution in [3.8, 4) is 0 Å². The molecular formula is C19H16N2O3S. The minimum Gasteiger partial charge on any atom is -0.445 e. The number of esters is 1. The van der Waals surface area contributed by atoms with E-state index in [1.165, 1.54) is 11.3 Å². The third-order valence-electron chi connectivity index (χ3n) is 4.40. The Hall–Kier alpha value is -2.73. The zero-order chi connectivity index (χ0) is 17.6. The molecule has 1 atom stereocenters. The van der Waals surface area contributed by atoms with Crippen molar-refractivity contribution in [1.29, 1.82) is 0 Å². The van der Waals surface area contributed by atoms with Gasteiger partial charge < -0.3 is 4.74 Å². The van der Waals surface area contributed by atoms with Crippen molar-refractivity contribution in [2.24, 2.45) is 0 Å². The normalized spacial score (nSPS) is 19.4. The van der Waals surface area contributed by atoms with Crippen molar-refractivity contribution in [3.63, 3.8) is 0 Å². The van der Waals surface area contributed by atoms with Crippen molar-refractivity contribution in [3.05, 3.63) is 59.2 Å². The lowest BCUT2D eigenvalue weighted by atomic mass is 9.89. The molecule has 126 valence electrons. The Morgan fingerprint density at radius 2 is 2.04 bits per heavy atom. The Morgan fingerprint density at radius 3 is 2.84 bits per heavy atom. The van der Waals surface area contributed by atoms with Gasteiger partial charge in [0.05, 0.1) is 15.8 Å². The molecule has 1 amide bonds. The molecule has 6 heteroatoms. The van der Waals surface area contributed by atoms with Gasteiger partial charge in [-0.2, -0.15) is 0 Å². The molecular weight excluding hydrogens is 336 g/mol. The van der Waals surface area contributed by atoms with Crippen LogP contribution in [-0.4, -0.2) is 22.5 Å². The molecule has 1 unspecified atom stereocenters. The van der Waals surface area contributed by atoms with Gasteiger partial charge in [-0.25, -0.2) is 9.78 Å². The Balaban J connectivity index is 1.62.